The zero-order chi connectivity index (χ0) is 14.2. The van der Waals surface area contributed by atoms with Gasteiger partial charge in [-0.25, -0.2) is 4.79 Å². The highest BCUT2D eigenvalue weighted by Gasteiger charge is 2.71. The van der Waals surface area contributed by atoms with Crippen LogP contribution in [-0.4, -0.2) is 17.9 Å². The van der Waals surface area contributed by atoms with Crippen molar-refractivity contribution in [2.45, 2.75) is 70.3 Å². The van der Waals surface area contributed by atoms with Crippen molar-refractivity contribution in [3.8, 4) is 0 Å². The molecular weight excluding hydrogens is 252 g/mol. The number of esters is 1. The molecular formula is C17H24O3. The van der Waals surface area contributed by atoms with Gasteiger partial charge in [-0.1, -0.05) is 45.1 Å². The van der Waals surface area contributed by atoms with E-state index in [2.05, 4.69) is 6.58 Å². The van der Waals surface area contributed by atoms with Crippen molar-refractivity contribution in [2.75, 3.05) is 0 Å². The van der Waals surface area contributed by atoms with Crippen LogP contribution in [0.5, 0.6) is 0 Å². The summed E-state index contributed by atoms with van der Waals surface area (Å²) in [5, 5.41) is 0. The first kappa shape index (κ1) is 13.8. The van der Waals surface area contributed by atoms with Gasteiger partial charge in [0.2, 0.25) is 0 Å². The molecule has 3 heteroatoms. The van der Waals surface area contributed by atoms with E-state index in [0.717, 1.165) is 51.4 Å². The zero-order valence-corrected chi connectivity index (χ0v) is 12.2. The van der Waals surface area contributed by atoms with Gasteiger partial charge >= 0.3 is 5.97 Å². The Kier molecular flexibility index (Phi) is 3.47. The smallest absolute Gasteiger partial charge is 0.330 e. The Labute approximate surface area is 120 Å². The highest BCUT2D eigenvalue weighted by molar-refractivity contribution is 5.99. The first-order valence-corrected chi connectivity index (χ1v) is 8.04. The molecule has 3 nitrogen and oxygen atoms in total. The van der Waals surface area contributed by atoms with Gasteiger partial charge in [-0.15, -0.1) is 0 Å². The summed E-state index contributed by atoms with van der Waals surface area (Å²) >= 11 is 0. The van der Waals surface area contributed by atoms with Gasteiger partial charge in [0.15, 0.2) is 5.78 Å². The predicted octanol–water partition coefficient (Wildman–Crippen LogP) is 3.57. The molecule has 2 spiro atoms. The van der Waals surface area contributed by atoms with Gasteiger partial charge in [0.1, 0.15) is 6.10 Å². The third kappa shape index (κ3) is 1.78. The number of ketones is 1. The number of hydrogen-bond donors (Lipinski definition) is 0. The Morgan fingerprint density at radius 2 is 1.45 bits per heavy atom. The van der Waals surface area contributed by atoms with Gasteiger partial charge in [-0.05, 0) is 25.7 Å². The van der Waals surface area contributed by atoms with Crippen LogP contribution in [0.4, 0.5) is 0 Å². The van der Waals surface area contributed by atoms with Gasteiger partial charge < -0.3 is 4.74 Å². The SMILES string of the molecule is C=CC(=O)OC1C2(CCCCC2)C(=O)C12CCCCC2. The average molecular weight is 276 g/mol. The minimum Gasteiger partial charge on any atom is -0.457 e. The maximum absolute atomic E-state index is 13.0. The molecule has 110 valence electrons. The molecule has 3 rings (SSSR count). The van der Waals surface area contributed by atoms with E-state index in [1.54, 1.807) is 0 Å². The van der Waals surface area contributed by atoms with Crippen molar-refractivity contribution in [2.24, 2.45) is 10.8 Å². The molecule has 3 fully saturated rings. The van der Waals surface area contributed by atoms with Gasteiger partial charge in [-0.3, -0.25) is 4.79 Å². The topological polar surface area (TPSA) is 43.4 Å². The van der Waals surface area contributed by atoms with Gasteiger partial charge in [0, 0.05) is 6.08 Å². The minimum atomic E-state index is -0.364. The predicted molar refractivity (Wildman–Crippen MR) is 76.1 cm³/mol. The molecule has 3 aliphatic rings. The van der Waals surface area contributed by atoms with E-state index in [1.165, 1.54) is 18.9 Å². The van der Waals surface area contributed by atoms with Crippen molar-refractivity contribution >= 4 is 11.8 Å². The first-order chi connectivity index (χ1) is 9.66. The molecule has 0 aromatic heterocycles. The van der Waals surface area contributed by atoms with E-state index in [9.17, 15) is 9.59 Å². The lowest BCUT2D eigenvalue weighted by molar-refractivity contribution is -0.217. The van der Waals surface area contributed by atoms with E-state index in [0.29, 0.717) is 5.78 Å². The highest BCUT2D eigenvalue weighted by atomic mass is 16.5. The summed E-state index contributed by atoms with van der Waals surface area (Å²) in [6.07, 6.45) is 11.4. The van der Waals surface area contributed by atoms with Crippen LogP contribution in [0.3, 0.4) is 0 Å². The van der Waals surface area contributed by atoms with Gasteiger partial charge in [0.25, 0.3) is 0 Å². The van der Waals surface area contributed by atoms with Crippen LogP contribution in [0, 0.1) is 10.8 Å². The van der Waals surface area contributed by atoms with E-state index in [4.69, 9.17) is 4.74 Å². The van der Waals surface area contributed by atoms with Crippen molar-refractivity contribution < 1.29 is 14.3 Å². The third-order valence-electron chi connectivity index (χ3n) is 5.80. The fraction of sp³-hybridized carbons (Fsp3) is 0.765. The molecule has 0 aromatic carbocycles. The van der Waals surface area contributed by atoms with Crippen LogP contribution in [0.25, 0.3) is 0 Å². The normalized spacial score (nSPS) is 28.1. The fourth-order valence-electron chi connectivity index (χ4n) is 4.92. The quantitative estimate of drug-likeness (QED) is 0.572. The number of carbonyl (C=O) groups is 2. The van der Waals surface area contributed by atoms with Crippen molar-refractivity contribution in [3.05, 3.63) is 12.7 Å². The van der Waals surface area contributed by atoms with Crippen molar-refractivity contribution in [1.82, 2.24) is 0 Å². The monoisotopic (exact) mass is 276 g/mol. The van der Waals surface area contributed by atoms with Crippen molar-refractivity contribution in [1.29, 1.82) is 0 Å². The molecule has 0 aromatic rings. The van der Waals surface area contributed by atoms with Crippen LogP contribution in [0.2, 0.25) is 0 Å². The maximum Gasteiger partial charge on any atom is 0.330 e. The summed E-state index contributed by atoms with van der Waals surface area (Å²) in [5.41, 5.74) is -0.706. The van der Waals surface area contributed by atoms with E-state index in [-0.39, 0.29) is 22.9 Å². The summed E-state index contributed by atoms with van der Waals surface area (Å²) in [6, 6.07) is 0. The average Bonchev–Trinajstić information content (AvgIpc) is 2.53. The molecule has 0 atom stereocenters. The molecule has 0 amide bonds. The van der Waals surface area contributed by atoms with Crippen LogP contribution >= 0.6 is 0 Å². The second-order valence-electron chi connectivity index (χ2n) is 6.78. The van der Waals surface area contributed by atoms with Gasteiger partial charge in [-0.2, -0.15) is 0 Å². The molecule has 0 N–H and O–H groups in total. The van der Waals surface area contributed by atoms with E-state index in [1.807, 2.05) is 0 Å². The largest absolute Gasteiger partial charge is 0.457 e. The Hall–Kier alpha value is -1.12. The zero-order valence-electron chi connectivity index (χ0n) is 12.2. The molecule has 0 bridgehead atoms. The number of hydrogen-bond acceptors (Lipinski definition) is 3. The molecule has 20 heavy (non-hydrogen) atoms. The molecule has 3 aliphatic carbocycles. The molecule has 0 aliphatic heterocycles. The lowest BCUT2D eigenvalue weighted by Crippen LogP contribution is -2.71. The summed E-state index contributed by atoms with van der Waals surface area (Å²) in [4.78, 5) is 24.7. The van der Waals surface area contributed by atoms with Gasteiger partial charge in [0.05, 0.1) is 10.8 Å². The summed E-state index contributed by atoms with van der Waals surface area (Å²) in [6.45, 7) is 3.50. The van der Waals surface area contributed by atoms with Crippen LogP contribution < -0.4 is 0 Å². The Morgan fingerprint density at radius 3 is 1.85 bits per heavy atom. The van der Waals surface area contributed by atoms with Crippen LogP contribution in [-0.2, 0) is 14.3 Å². The molecule has 0 heterocycles. The fourth-order valence-corrected chi connectivity index (χ4v) is 4.92. The molecule has 3 saturated carbocycles. The Morgan fingerprint density at radius 1 is 1.00 bits per heavy atom. The Bertz CT molecular complexity index is 398. The van der Waals surface area contributed by atoms with Crippen molar-refractivity contribution in [3.63, 3.8) is 0 Å². The Balaban J connectivity index is 1.89. The molecule has 0 saturated heterocycles. The number of rotatable bonds is 2. The lowest BCUT2D eigenvalue weighted by Gasteiger charge is -2.62. The molecule has 0 radical (unpaired) electrons. The molecule has 0 unspecified atom stereocenters. The maximum atomic E-state index is 13.0. The van der Waals surface area contributed by atoms with E-state index < -0.39 is 0 Å². The number of ether oxygens (including phenoxy) is 1. The number of Topliss-reactive ketones (excluding diaryl/α,β-unsaturated/α-hetero) is 1. The van der Waals surface area contributed by atoms with Crippen LogP contribution in [0.1, 0.15) is 64.2 Å². The second-order valence-corrected chi connectivity index (χ2v) is 6.78. The number of carbonyl (C=O) groups excluding carboxylic acids is 2. The summed E-state index contributed by atoms with van der Waals surface area (Å²) in [7, 11) is 0. The minimum absolute atomic E-state index is 0.186. The standard InChI is InChI=1S/C17H24O3/c1-2-13(18)20-15-16(9-5-3-6-10-16)14(19)17(15)11-7-4-8-12-17/h2,15H,1,3-12H2. The summed E-state index contributed by atoms with van der Waals surface area (Å²) < 4.78 is 5.71. The third-order valence-corrected chi connectivity index (χ3v) is 5.80. The summed E-state index contributed by atoms with van der Waals surface area (Å²) in [5.74, 6) is 0.0451. The van der Waals surface area contributed by atoms with Crippen LogP contribution in [0.15, 0.2) is 12.7 Å². The first-order valence-electron chi connectivity index (χ1n) is 8.04. The van der Waals surface area contributed by atoms with E-state index >= 15 is 0 Å². The lowest BCUT2D eigenvalue weighted by atomic mass is 9.42. The highest BCUT2D eigenvalue weighted by Crippen LogP contribution is 2.64. The second kappa shape index (κ2) is 5.01.